The number of carbonyl (C=O) groups is 1. The summed E-state index contributed by atoms with van der Waals surface area (Å²) >= 11 is 12.3. The number of hydrogen-bond acceptors (Lipinski definition) is 5. The van der Waals surface area contributed by atoms with Gasteiger partial charge >= 0.3 is 5.56 Å². The second-order valence-corrected chi connectivity index (χ2v) is 7.52. The topological polar surface area (TPSA) is 80.1 Å². The van der Waals surface area contributed by atoms with Crippen LogP contribution in [0.4, 0.5) is 5.82 Å². The third-order valence-electron chi connectivity index (χ3n) is 4.44. The van der Waals surface area contributed by atoms with E-state index in [1.54, 1.807) is 37.5 Å². The Labute approximate surface area is 184 Å². The van der Waals surface area contributed by atoms with Crippen LogP contribution in [0.5, 0.6) is 0 Å². The molecule has 7 nitrogen and oxygen atoms in total. The summed E-state index contributed by atoms with van der Waals surface area (Å²) in [4.78, 5) is 33.9. The Morgan fingerprint density at radius 3 is 2.70 bits per heavy atom. The molecule has 2 heterocycles. The third-order valence-corrected chi connectivity index (χ3v) is 5.05. The lowest BCUT2D eigenvalue weighted by Crippen LogP contribution is -2.46. The van der Waals surface area contributed by atoms with Crippen molar-refractivity contribution in [1.82, 2.24) is 14.6 Å². The molecule has 0 aliphatic heterocycles. The van der Waals surface area contributed by atoms with Crippen LogP contribution in [0.15, 0.2) is 53.6 Å². The molecule has 0 aliphatic carbocycles. The van der Waals surface area contributed by atoms with E-state index < -0.39 is 5.56 Å². The number of nitrogens with zero attached hydrogens (tertiary/aromatic N) is 4. The van der Waals surface area contributed by atoms with Gasteiger partial charge in [0.1, 0.15) is 0 Å². The normalized spacial score (nSPS) is 10.7. The summed E-state index contributed by atoms with van der Waals surface area (Å²) in [5.74, 6) is -0.165. The maximum atomic E-state index is 13.1. The third kappa shape index (κ3) is 5.17. The van der Waals surface area contributed by atoms with Gasteiger partial charge in [0.15, 0.2) is 5.82 Å². The van der Waals surface area contributed by atoms with E-state index in [1.807, 2.05) is 18.2 Å². The lowest BCUT2D eigenvalue weighted by Gasteiger charge is -2.26. The predicted octanol–water partition coefficient (Wildman–Crippen LogP) is 3.59. The van der Waals surface area contributed by atoms with Crippen LogP contribution < -0.4 is 15.9 Å². The highest BCUT2D eigenvalue weighted by Crippen LogP contribution is 2.22. The van der Waals surface area contributed by atoms with Crippen molar-refractivity contribution < 1.29 is 4.79 Å². The molecule has 0 aliphatic rings. The Bertz CT molecular complexity index is 1100. The van der Waals surface area contributed by atoms with Crippen LogP contribution in [0.1, 0.15) is 23.9 Å². The van der Waals surface area contributed by atoms with Crippen LogP contribution >= 0.6 is 23.2 Å². The summed E-state index contributed by atoms with van der Waals surface area (Å²) in [7, 11) is 0. The fourth-order valence-electron chi connectivity index (χ4n) is 2.95. The van der Waals surface area contributed by atoms with Crippen LogP contribution in [0.3, 0.4) is 0 Å². The molecule has 0 saturated heterocycles. The molecule has 0 unspecified atom stereocenters. The molecule has 0 spiro atoms. The number of carbonyl (C=O) groups excluding carboxylic acids is 1. The fraction of sp³-hybridized carbons (Fsp3) is 0.238. The van der Waals surface area contributed by atoms with Gasteiger partial charge in [0.2, 0.25) is 5.91 Å². The summed E-state index contributed by atoms with van der Waals surface area (Å²) in [5, 5.41) is 5.31. The second-order valence-electron chi connectivity index (χ2n) is 6.68. The summed E-state index contributed by atoms with van der Waals surface area (Å²) < 4.78 is 1.30. The molecule has 1 aromatic carbocycles. The van der Waals surface area contributed by atoms with Crippen LogP contribution in [0, 0.1) is 6.92 Å². The smallest absolute Gasteiger partial charge is 0.312 e. The molecular weight excluding hydrogens is 425 g/mol. The van der Waals surface area contributed by atoms with Gasteiger partial charge in [-0.2, -0.15) is 0 Å². The quantitative estimate of drug-likeness (QED) is 0.600. The van der Waals surface area contributed by atoms with Gasteiger partial charge in [-0.3, -0.25) is 14.6 Å². The highest BCUT2D eigenvalue weighted by molar-refractivity contribution is 6.33. The minimum Gasteiger partial charge on any atom is -0.365 e. The van der Waals surface area contributed by atoms with Crippen molar-refractivity contribution in [3.63, 3.8) is 0 Å². The molecule has 0 atom stereocenters. The van der Waals surface area contributed by atoms with Crippen molar-refractivity contribution in [2.24, 2.45) is 0 Å². The van der Waals surface area contributed by atoms with Gasteiger partial charge in [-0.1, -0.05) is 29.3 Å². The van der Waals surface area contributed by atoms with Gasteiger partial charge in [-0.05, 0) is 42.8 Å². The lowest BCUT2D eigenvalue weighted by atomic mass is 10.2. The second kappa shape index (κ2) is 9.73. The van der Waals surface area contributed by atoms with E-state index in [0.717, 1.165) is 5.69 Å². The van der Waals surface area contributed by atoms with Crippen molar-refractivity contribution in [3.8, 4) is 0 Å². The van der Waals surface area contributed by atoms with Gasteiger partial charge in [-0.15, -0.1) is 0 Å². The zero-order valence-corrected chi connectivity index (χ0v) is 18.1. The first-order valence-corrected chi connectivity index (χ1v) is 10.1. The SMILES string of the molecule is CC(=O)N(Cc1cc(Cl)ccc1Cl)n1c(C)cnc(NCCc2ccccn2)c1=O. The number of benzene rings is 1. The highest BCUT2D eigenvalue weighted by atomic mass is 35.5. The molecule has 9 heteroatoms. The summed E-state index contributed by atoms with van der Waals surface area (Å²) in [6.45, 7) is 3.66. The number of amides is 1. The largest absolute Gasteiger partial charge is 0.365 e. The number of rotatable bonds is 7. The minimum atomic E-state index is -0.427. The number of pyridine rings is 1. The molecule has 0 radical (unpaired) electrons. The molecule has 2 aromatic heterocycles. The van der Waals surface area contributed by atoms with E-state index >= 15 is 0 Å². The minimum absolute atomic E-state index is 0.0901. The Morgan fingerprint density at radius 2 is 2.00 bits per heavy atom. The number of halogens is 2. The standard InChI is InChI=1S/C21H21Cl2N5O2/c1-14-12-26-20(25-10-8-18-5-3-4-9-24-18)21(30)28(14)27(15(2)29)13-16-11-17(22)6-7-19(16)23/h3-7,9,11-12H,8,10,13H2,1-2H3,(H,25,26). The first-order chi connectivity index (χ1) is 14.4. The maximum absolute atomic E-state index is 13.1. The number of hydrogen-bond donors (Lipinski definition) is 1. The molecule has 3 aromatic rings. The van der Waals surface area contributed by atoms with E-state index in [0.29, 0.717) is 34.3 Å². The van der Waals surface area contributed by atoms with Crippen LogP contribution in [-0.2, 0) is 17.8 Å². The molecular formula is C21H21Cl2N5O2. The van der Waals surface area contributed by atoms with E-state index in [1.165, 1.54) is 16.6 Å². The molecule has 1 N–H and O–H groups in total. The predicted molar refractivity (Wildman–Crippen MR) is 119 cm³/mol. The Morgan fingerprint density at radius 1 is 1.20 bits per heavy atom. The van der Waals surface area contributed by atoms with Gasteiger partial charge in [0.05, 0.1) is 18.4 Å². The average molecular weight is 446 g/mol. The summed E-state index contributed by atoms with van der Waals surface area (Å²) in [6, 6.07) is 10.7. The van der Waals surface area contributed by atoms with Gasteiger partial charge in [-0.25, -0.2) is 14.7 Å². The summed E-state index contributed by atoms with van der Waals surface area (Å²) in [5.41, 5.74) is 1.62. The Kier molecular flexibility index (Phi) is 7.07. The fourth-order valence-corrected chi connectivity index (χ4v) is 3.33. The van der Waals surface area contributed by atoms with Crippen molar-refractivity contribution in [3.05, 3.63) is 86.1 Å². The molecule has 156 valence electrons. The van der Waals surface area contributed by atoms with E-state index in [9.17, 15) is 9.59 Å². The first-order valence-electron chi connectivity index (χ1n) is 9.31. The number of nitrogens with one attached hydrogen (secondary N) is 1. The molecule has 3 rings (SSSR count). The van der Waals surface area contributed by atoms with E-state index in [4.69, 9.17) is 23.2 Å². The Hall–Kier alpha value is -2.90. The van der Waals surface area contributed by atoms with Crippen molar-refractivity contribution in [2.75, 3.05) is 16.9 Å². The van der Waals surface area contributed by atoms with E-state index in [-0.39, 0.29) is 18.3 Å². The van der Waals surface area contributed by atoms with Gasteiger partial charge in [0, 0.05) is 41.8 Å². The van der Waals surface area contributed by atoms with Crippen LogP contribution in [-0.4, -0.2) is 27.1 Å². The van der Waals surface area contributed by atoms with E-state index in [2.05, 4.69) is 15.3 Å². The Balaban J connectivity index is 1.86. The maximum Gasteiger partial charge on any atom is 0.312 e. The lowest BCUT2D eigenvalue weighted by molar-refractivity contribution is -0.118. The monoisotopic (exact) mass is 445 g/mol. The highest BCUT2D eigenvalue weighted by Gasteiger charge is 2.19. The zero-order chi connectivity index (χ0) is 21.7. The van der Waals surface area contributed by atoms with Crippen molar-refractivity contribution in [1.29, 1.82) is 0 Å². The van der Waals surface area contributed by atoms with Gasteiger partial charge in [0.25, 0.3) is 0 Å². The average Bonchev–Trinajstić information content (AvgIpc) is 2.72. The molecule has 1 amide bonds. The zero-order valence-electron chi connectivity index (χ0n) is 16.6. The molecule has 0 saturated carbocycles. The molecule has 0 fully saturated rings. The van der Waals surface area contributed by atoms with Crippen LogP contribution in [0.25, 0.3) is 0 Å². The number of aryl methyl sites for hydroxylation is 1. The van der Waals surface area contributed by atoms with Crippen molar-refractivity contribution >= 4 is 34.9 Å². The molecule has 0 bridgehead atoms. The number of anilines is 1. The summed E-state index contributed by atoms with van der Waals surface area (Å²) in [6.07, 6.45) is 3.89. The van der Waals surface area contributed by atoms with Crippen LogP contribution in [0.2, 0.25) is 10.0 Å². The first kappa shape index (κ1) is 21.8. The number of aromatic nitrogens is 3. The molecule has 30 heavy (non-hydrogen) atoms. The van der Waals surface area contributed by atoms with Gasteiger partial charge < -0.3 is 5.32 Å². The van der Waals surface area contributed by atoms with Crippen molar-refractivity contribution in [2.45, 2.75) is 26.8 Å².